The van der Waals surface area contributed by atoms with Crippen molar-refractivity contribution >= 4 is 5.96 Å². The molecule has 2 fully saturated rings. The highest BCUT2D eigenvalue weighted by Crippen LogP contribution is 2.32. The van der Waals surface area contributed by atoms with E-state index in [1.807, 2.05) is 19.2 Å². The Morgan fingerprint density at radius 3 is 2.96 bits per heavy atom. The number of rotatable bonds is 4. The molecule has 1 saturated carbocycles. The van der Waals surface area contributed by atoms with Crippen molar-refractivity contribution in [3.63, 3.8) is 0 Å². The molecule has 0 bridgehead atoms. The minimum absolute atomic E-state index is 0.314. The van der Waals surface area contributed by atoms with Gasteiger partial charge in [0.15, 0.2) is 17.5 Å². The van der Waals surface area contributed by atoms with Crippen molar-refractivity contribution in [2.24, 2.45) is 4.99 Å². The molecule has 1 aromatic carbocycles. The largest absolute Gasteiger partial charge is 0.454 e. The van der Waals surface area contributed by atoms with E-state index in [1.165, 1.54) is 25.8 Å². The van der Waals surface area contributed by atoms with E-state index in [9.17, 15) is 0 Å². The minimum Gasteiger partial charge on any atom is -0.454 e. The summed E-state index contributed by atoms with van der Waals surface area (Å²) in [6, 6.07) is 7.38. The number of ether oxygens (including phenoxy) is 2. The van der Waals surface area contributed by atoms with Gasteiger partial charge in [0.25, 0.3) is 0 Å². The van der Waals surface area contributed by atoms with Gasteiger partial charge in [0.05, 0.1) is 0 Å². The molecule has 2 N–H and O–H groups in total. The first kappa shape index (κ1) is 14.6. The van der Waals surface area contributed by atoms with Crippen LogP contribution in [0.3, 0.4) is 0 Å². The molecule has 1 atom stereocenters. The molecule has 6 nitrogen and oxygen atoms in total. The van der Waals surface area contributed by atoms with E-state index >= 15 is 0 Å². The molecule has 3 aliphatic rings. The Morgan fingerprint density at radius 2 is 2.13 bits per heavy atom. The maximum Gasteiger partial charge on any atom is 0.231 e. The summed E-state index contributed by atoms with van der Waals surface area (Å²) in [5.41, 5.74) is 1.16. The van der Waals surface area contributed by atoms with Crippen molar-refractivity contribution in [1.82, 2.24) is 15.5 Å². The topological polar surface area (TPSA) is 58.1 Å². The van der Waals surface area contributed by atoms with Crippen LogP contribution in [-0.2, 0) is 6.54 Å². The van der Waals surface area contributed by atoms with Crippen molar-refractivity contribution in [3.05, 3.63) is 23.8 Å². The second-order valence-electron chi connectivity index (χ2n) is 6.47. The molecular weight excluding hydrogens is 292 g/mol. The first-order valence-corrected chi connectivity index (χ1v) is 8.41. The smallest absolute Gasteiger partial charge is 0.231 e. The molecule has 4 rings (SSSR count). The maximum atomic E-state index is 5.42. The number of aliphatic imine (C=N–C) groups is 1. The summed E-state index contributed by atoms with van der Waals surface area (Å²) in [6.45, 7) is 3.38. The number of guanidine groups is 1. The number of hydrogen-bond acceptors (Lipinski definition) is 4. The Kier molecular flexibility index (Phi) is 3.99. The van der Waals surface area contributed by atoms with Gasteiger partial charge >= 0.3 is 0 Å². The Bertz CT molecular complexity index is 600. The van der Waals surface area contributed by atoms with Crippen molar-refractivity contribution in [2.75, 3.05) is 26.9 Å². The lowest BCUT2D eigenvalue weighted by atomic mass is 10.2. The van der Waals surface area contributed by atoms with E-state index in [2.05, 4.69) is 26.6 Å². The fraction of sp³-hybridized carbons (Fsp3) is 0.588. The van der Waals surface area contributed by atoms with E-state index in [1.54, 1.807) is 0 Å². The predicted octanol–water partition coefficient (Wildman–Crippen LogP) is 1.32. The molecule has 6 heteroatoms. The highest BCUT2D eigenvalue weighted by molar-refractivity contribution is 5.80. The molecule has 124 valence electrons. The van der Waals surface area contributed by atoms with Crippen LogP contribution in [0.4, 0.5) is 0 Å². The molecular formula is C17H24N4O2. The monoisotopic (exact) mass is 316 g/mol. The zero-order valence-electron chi connectivity index (χ0n) is 13.5. The quantitative estimate of drug-likeness (QED) is 0.648. The van der Waals surface area contributed by atoms with Gasteiger partial charge in [-0.3, -0.25) is 9.89 Å². The fourth-order valence-corrected chi connectivity index (χ4v) is 3.30. The van der Waals surface area contributed by atoms with Crippen LogP contribution in [0.15, 0.2) is 23.2 Å². The van der Waals surface area contributed by atoms with E-state index in [-0.39, 0.29) is 0 Å². The molecule has 1 saturated heterocycles. The highest BCUT2D eigenvalue weighted by atomic mass is 16.7. The average molecular weight is 316 g/mol. The summed E-state index contributed by atoms with van der Waals surface area (Å²) in [6.07, 6.45) is 3.95. The molecule has 1 unspecified atom stereocenters. The average Bonchev–Trinajstić information content (AvgIpc) is 3.14. The third-order valence-corrected chi connectivity index (χ3v) is 4.74. The summed E-state index contributed by atoms with van der Waals surface area (Å²) >= 11 is 0. The maximum absolute atomic E-state index is 5.42. The second-order valence-corrected chi connectivity index (χ2v) is 6.47. The molecule has 1 aliphatic carbocycles. The van der Waals surface area contributed by atoms with Crippen LogP contribution in [0.5, 0.6) is 11.5 Å². The number of nitrogens with one attached hydrogen (secondary N) is 2. The van der Waals surface area contributed by atoms with Crippen molar-refractivity contribution in [1.29, 1.82) is 0 Å². The lowest BCUT2D eigenvalue weighted by Crippen LogP contribution is -2.44. The number of likely N-dealkylation sites (tertiary alicyclic amines) is 1. The Morgan fingerprint density at radius 1 is 1.26 bits per heavy atom. The van der Waals surface area contributed by atoms with Crippen LogP contribution in [-0.4, -0.2) is 49.9 Å². The molecule has 0 amide bonds. The normalized spacial score (nSPS) is 24.0. The molecule has 2 aliphatic heterocycles. The fourth-order valence-electron chi connectivity index (χ4n) is 3.30. The van der Waals surface area contributed by atoms with Gasteiger partial charge in [-0.25, -0.2) is 0 Å². The predicted molar refractivity (Wildman–Crippen MR) is 88.9 cm³/mol. The Labute approximate surface area is 136 Å². The summed E-state index contributed by atoms with van der Waals surface area (Å²) in [4.78, 5) is 6.94. The Balaban J connectivity index is 1.28. The summed E-state index contributed by atoms with van der Waals surface area (Å²) < 4.78 is 10.8. The highest BCUT2D eigenvalue weighted by Gasteiger charge is 2.34. The number of fused-ring (bicyclic) bond motifs is 1. The Hall–Kier alpha value is -1.95. The lowest BCUT2D eigenvalue weighted by Gasteiger charge is -2.18. The van der Waals surface area contributed by atoms with Gasteiger partial charge in [-0.15, -0.1) is 0 Å². The van der Waals surface area contributed by atoms with E-state index in [4.69, 9.17) is 9.47 Å². The third kappa shape index (κ3) is 3.37. The van der Waals surface area contributed by atoms with E-state index < -0.39 is 0 Å². The van der Waals surface area contributed by atoms with Crippen LogP contribution < -0.4 is 20.1 Å². The molecule has 0 spiro atoms. The van der Waals surface area contributed by atoms with Crippen LogP contribution in [0.25, 0.3) is 0 Å². The molecule has 0 aromatic heterocycles. The third-order valence-electron chi connectivity index (χ3n) is 4.74. The van der Waals surface area contributed by atoms with E-state index in [0.717, 1.165) is 42.2 Å². The first-order chi connectivity index (χ1) is 11.3. The van der Waals surface area contributed by atoms with Gasteiger partial charge in [0.1, 0.15) is 0 Å². The van der Waals surface area contributed by atoms with Gasteiger partial charge in [0, 0.05) is 38.8 Å². The van der Waals surface area contributed by atoms with E-state index in [0.29, 0.717) is 12.8 Å². The summed E-state index contributed by atoms with van der Waals surface area (Å²) in [7, 11) is 1.82. The SMILES string of the molecule is CN=C(NCc1ccc2c(c1)OCO2)NC1CCN(C2CC2)C1. The number of hydrogen-bond donors (Lipinski definition) is 2. The van der Waals surface area contributed by atoms with Crippen molar-refractivity contribution in [2.45, 2.75) is 37.9 Å². The standard InChI is InChI=1S/C17H24N4O2/c1-18-17(20-13-6-7-21(10-13)14-3-4-14)19-9-12-2-5-15-16(8-12)23-11-22-15/h2,5,8,13-14H,3-4,6-7,9-11H2,1H3,(H2,18,19,20). The zero-order chi connectivity index (χ0) is 15.6. The summed E-state index contributed by atoms with van der Waals surface area (Å²) in [5, 5.41) is 6.93. The van der Waals surface area contributed by atoms with Crippen molar-refractivity contribution in [3.8, 4) is 11.5 Å². The van der Waals surface area contributed by atoms with Gasteiger partial charge in [-0.05, 0) is 37.0 Å². The molecule has 1 aromatic rings. The van der Waals surface area contributed by atoms with Crippen LogP contribution in [0.1, 0.15) is 24.8 Å². The van der Waals surface area contributed by atoms with Crippen LogP contribution in [0, 0.1) is 0 Å². The van der Waals surface area contributed by atoms with Gasteiger partial charge in [-0.1, -0.05) is 6.07 Å². The van der Waals surface area contributed by atoms with Gasteiger partial charge < -0.3 is 20.1 Å². The second kappa shape index (κ2) is 6.28. The number of nitrogens with zero attached hydrogens (tertiary/aromatic N) is 2. The van der Waals surface area contributed by atoms with Crippen LogP contribution in [0.2, 0.25) is 0 Å². The first-order valence-electron chi connectivity index (χ1n) is 8.41. The molecule has 23 heavy (non-hydrogen) atoms. The van der Waals surface area contributed by atoms with Gasteiger partial charge in [-0.2, -0.15) is 0 Å². The minimum atomic E-state index is 0.314. The van der Waals surface area contributed by atoms with Crippen LogP contribution >= 0.6 is 0 Å². The summed E-state index contributed by atoms with van der Waals surface area (Å²) in [5.74, 6) is 2.51. The lowest BCUT2D eigenvalue weighted by molar-refractivity contribution is 0.174. The molecule has 0 radical (unpaired) electrons. The van der Waals surface area contributed by atoms with Crippen molar-refractivity contribution < 1.29 is 9.47 Å². The molecule has 2 heterocycles. The van der Waals surface area contributed by atoms with Gasteiger partial charge in [0.2, 0.25) is 6.79 Å². The zero-order valence-corrected chi connectivity index (χ0v) is 13.5. The number of benzene rings is 1.